The molecule has 18 heavy (non-hydrogen) atoms. The van der Waals surface area contributed by atoms with Crippen LogP contribution in [-0.2, 0) is 9.53 Å². The summed E-state index contributed by atoms with van der Waals surface area (Å²) in [6.07, 6.45) is 0. The van der Waals surface area contributed by atoms with E-state index in [1.807, 2.05) is 24.3 Å². The molecule has 1 rings (SSSR count). The summed E-state index contributed by atoms with van der Waals surface area (Å²) in [5.41, 5.74) is 8.15. The van der Waals surface area contributed by atoms with Crippen LogP contribution in [0.2, 0.25) is 0 Å². The van der Waals surface area contributed by atoms with Crippen LogP contribution in [-0.4, -0.2) is 12.6 Å². The van der Waals surface area contributed by atoms with Gasteiger partial charge in [-0.15, -0.1) is 0 Å². The van der Waals surface area contributed by atoms with E-state index in [9.17, 15) is 4.79 Å². The fourth-order valence-electron chi connectivity index (χ4n) is 1.11. The first kappa shape index (κ1) is 14.9. The summed E-state index contributed by atoms with van der Waals surface area (Å²) in [4.78, 5) is 12.4. The van der Waals surface area contributed by atoms with Crippen molar-refractivity contribution in [1.82, 2.24) is 5.43 Å². The topological polar surface area (TPSA) is 90.4 Å². The molecule has 1 aromatic carbocycles. The highest BCUT2D eigenvalue weighted by Crippen LogP contribution is 2.26. The number of ether oxygens (including phenoxy) is 1. The molecule has 5 nitrogen and oxygen atoms in total. The molecule has 0 fully saturated rings. The lowest BCUT2D eigenvalue weighted by molar-refractivity contribution is -0.139. The molecule has 0 saturated heterocycles. The number of hydrogen-bond donors (Lipinski definition) is 3. The van der Waals surface area contributed by atoms with Gasteiger partial charge in [0.05, 0.1) is 6.61 Å². The van der Waals surface area contributed by atoms with Crippen molar-refractivity contribution in [3.63, 3.8) is 0 Å². The number of carbonyl (C=O) groups excluding carboxylic acids is 1. The Morgan fingerprint density at radius 1 is 1.44 bits per heavy atom. The Bertz CT molecular complexity index is 448. The first-order chi connectivity index (χ1) is 8.58. The maximum Gasteiger partial charge on any atom is 0.358 e. The van der Waals surface area contributed by atoms with Crippen molar-refractivity contribution in [1.29, 1.82) is 0 Å². The highest BCUT2D eigenvalue weighted by atomic mass is 79.9. The number of carbonyl (C=O) groups is 1. The summed E-state index contributed by atoms with van der Waals surface area (Å²) in [7, 11) is 0. The molecule has 0 unspecified atom stereocenters. The van der Waals surface area contributed by atoms with E-state index in [1.165, 1.54) is 11.8 Å². The minimum absolute atomic E-state index is 0.0600. The lowest BCUT2D eigenvalue weighted by atomic mass is 10.4. The zero-order chi connectivity index (χ0) is 13.5. The average Bonchev–Trinajstić information content (AvgIpc) is 2.33. The van der Waals surface area contributed by atoms with E-state index >= 15 is 0 Å². The second-order valence-corrected chi connectivity index (χ2v) is 5.19. The molecule has 0 aliphatic heterocycles. The second kappa shape index (κ2) is 7.30. The molecule has 0 aliphatic rings. The van der Waals surface area contributed by atoms with Gasteiger partial charge in [0.25, 0.3) is 0 Å². The summed E-state index contributed by atoms with van der Waals surface area (Å²) in [6, 6.07) is 7.52. The Morgan fingerprint density at radius 3 is 2.56 bits per heavy atom. The van der Waals surface area contributed by atoms with Gasteiger partial charge in [-0.05, 0) is 31.2 Å². The number of hydrogen-bond acceptors (Lipinski definition) is 6. The van der Waals surface area contributed by atoms with Crippen LogP contribution in [0.1, 0.15) is 6.92 Å². The molecule has 0 saturated carbocycles. The molecule has 0 aromatic heterocycles. The largest absolute Gasteiger partial charge is 0.461 e. The molecule has 0 bridgehead atoms. The number of halogens is 1. The van der Waals surface area contributed by atoms with E-state index in [1.54, 1.807) is 6.92 Å². The molecule has 0 radical (unpaired) electrons. The second-order valence-electron chi connectivity index (χ2n) is 3.16. The monoisotopic (exact) mass is 331 g/mol. The van der Waals surface area contributed by atoms with Crippen molar-refractivity contribution in [2.24, 2.45) is 11.6 Å². The first-order valence-electron chi connectivity index (χ1n) is 5.15. The van der Waals surface area contributed by atoms with Crippen LogP contribution in [0.4, 0.5) is 0 Å². The first-order valence-corrected chi connectivity index (χ1v) is 6.76. The van der Waals surface area contributed by atoms with Crippen molar-refractivity contribution >= 4 is 33.7 Å². The van der Waals surface area contributed by atoms with Gasteiger partial charge in [-0.2, -0.15) is 0 Å². The van der Waals surface area contributed by atoms with E-state index in [2.05, 4.69) is 21.4 Å². The van der Waals surface area contributed by atoms with Crippen molar-refractivity contribution in [3.8, 4) is 0 Å². The molecule has 98 valence electrons. The van der Waals surface area contributed by atoms with Crippen LogP contribution < -0.4 is 17.0 Å². The van der Waals surface area contributed by atoms with Crippen LogP contribution in [0.15, 0.2) is 44.4 Å². The summed E-state index contributed by atoms with van der Waals surface area (Å²) in [6.45, 7) is 1.98. The molecule has 0 heterocycles. The predicted molar refractivity (Wildman–Crippen MR) is 75.2 cm³/mol. The number of thioether (sulfide) groups is 1. The number of nitrogens with one attached hydrogen (secondary N) is 1. The van der Waals surface area contributed by atoms with Crippen molar-refractivity contribution in [3.05, 3.63) is 39.5 Å². The molecule has 7 heteroatoms. The zero-order valence-corrected chi connectivity index (χ0v) is 12.2. The Hall–Kier alpha value is -1.18. The summed E-state index contributed by atoms with van der Waals surface area (Å²) >= 11 is 4.57. The van der Waals surface area contributed by atoms with Gasteiger partial charge >= 0.3 is 5.97 Å². The average molecular weight is 332 g/mol. The molecule has 0 atom stereocenters. The maximum atomic E-state index is 11.5. The van der Waals surface area contributed by atoms with Crippen molar-refractivity contribution in [2.45, 2.75) is 11.8 Å². The number of esters is 1. The Kier molecular flexibility index (Phi) is 6.03. The highest BCUT2D eigenvalue weighted by molar-refractivity contribution is 9.10. The minimum atomic E-state index is -0.567. The molecule has 0 aliphatic carbocycles. The van der Waals surface area contributed by atoms with Crippen LogP contribution in [0.5, 0.6) is 0 Å². The lowest BCUT2D eigenvalue weighted by Gasteiger charge is -2.09. The predicted octanol–water partition coefficient (Wildman–Crippen LogP) is 1.70. The van der Waals surface area contributed by atoms with Gasteiger partial charge < -0.3 is 15.9 Å². The number of benzene rings is 1. The van der Waals surface area contributed by atoms with Gasteiger partial charge in [0.2, 0.25) is 0 Å². The van der Waals surface area contributed by atoms with E-state index in [0.29, 0.717) is 0 Å². The van der Waals surface area contributed by atoms with Gasteiger partial charge in [-0.25, -0.2) is 4.79 Å². The third-order valence-electron chi connectivity index (χ3n) is 1.91. The quantitative estimate of drug-likeness (QED) is 0.250. The third kappa shape index (κ3) is 4.25. The molecular weight excluding hydrogens is 318 g/mol. The van der Waals surface area contributed by atoms with Crippen LogP contribution in [0.25, 0.3) is 0 Å². The van der Waals surface area contributed by atoms with Gasteiger partial charge in [0, 0.05) is 9.37 Å². The Morgan fingerprint density at radius 2 is 2.06 bits per heavy atom. The summed E-state index contributed by atoms with van der Waals surface area (Å²) < 4.78 is 5.80. The molecule has 1 aromatic rings. The van der Waals surface area contributed by atoms with Gasteiger partial charge in [0.1, 0.15) is 5.03 Å². The van der Waals surface area contributed by atoms with Crippen LogP contribution in [0.3, 0.4) is 0 Å². The summed E-state index contributed by atoms with van der Waals surface area (Å²) in [5.74, 6) is 4.71. The maximum absolute atomic E-state index is 11.5. The van der Waals surface area contributed by atoms with E-state index < -0.39 is 5.97 Å². The lowest BCUT2D eigenvalue weighted by Crippen LogP contribution is -2.30. The van der Waals surface area contributed by atoms with Crippen molar-refractivity contribution < 1.29 is 9.53 Å². The number of nitrogens with two attached hydrogens (primary N) is 2. The number of rotatable bonds is 5. The Balaban J connectivity index is 2.85. The van der Waals surface area contributed by atoms with Crippen LogP contribution in [0, 0.1) is 0 Å². The fourth-order valence-corrected chi connectivity index (χ4v) is 2.15. The van der Waals surface area contributed by atoms with Crippen LogP contribution >= 0.6 is 27.7 Å². The van der Waals surface area contributed by atoms with E-state index in [-0.39, 0.29) is 17.3 Å². The summed E-state index contributed by atoms with van der Waals surface area (Å²) in [5, 5.41) is 0.262. The molecule has 5 N–H and O–H groups in total. The van der Waals surface area contributed by atoms with Gasteiger partial charge in [0.15, 0.2) is 5.70 Å². The Labute approximate surface area is 118 Å². The number of hydrazine groups is 1. The van der Waals surface area contributed by atoms with Gasteiger partial charge in [-0.3, -0.25) is 5.84 Å². The van der Waals surface area contributed by atoms with Gasteiger partial charge in [-0.1, -0.05) is 27.7 Å². The zero-order valence-electron chi connectivity index (χ0n) is 9.77. The standard InChI is InChI=1S/C11H14BrN3O2S/c1-2-17-11(16)9(15-14)10(13)18-8-5-3-7(12)4-6-8/h3-6,15H,2,13-14H2,1H3/b10-9+. The smallest absolute Gasteiger partial charge is 0.358 e. The normalized spacial score (nSPS) is 11.7. The molecule has 0 spiro atoms. The van der Waals surface area contributed by atoms with E-state index in [4.69, 9.17) is 16.3 Å². The molecular formula is C11H14BrN3O2S. The van der Waals surface area contributed by atoms with Crippen molar-refractivity contribution in [2.75, 3.05) is 6.61 Å². The molecule has 0 amide bonds. The third-order valence-corrected chi connectivity index (χ3v) is 3.37. The minimum Gasteiger partial charge on any atom is -0.461 e. The SMILES string of the molecule is CCOC(=O)/C(NN)=C(/N)Sc1ccc(Br)cc1. The fraction of sp³-hybridized carbons (Fsp3) is 0.182. The van der Waals surface area contributed by atoms with E-state index in [0.717, 1.165) is 9.37 Å². The highest BCUT2D eigenvalue weighted by Gasteiger charge is 2.14.